The molecule has 1 saturated carbocycles. The first-order valence-electron chi connectivity index (χ1n) is 7.08. The predicted octanol–water partition coefficient (Wildman–Crippen LogP) is 0.470. The maximum absolute atomic E-state index is 12.3. The average molecular weight is 286 g/mol. The molecular formula is C15H18N4O2. The van der Waals surface area contributed by atoms with Crippen LogP contribution in [0.3, 0.4) is 0 Å². The predicted molar refractivity (Wildman–Crippen MR) is 79.2 cm³/mol. The maximum atomic E-state index is 12.3. The summed E-state index contributed by atoms with van der Waals surface area (Å²) in [5, 5.41) is 2.72. The van der Waals surface area contributed by atoms with Crippen LogP contribution in [-0.2, 0) is 0 Å². The zero-order valence-corrected chi connectivity index (χ0v) is 11.9. The van der Waals surface area contributed by atoms with Crippen LogP contribution in [0.4, 0.5) is 0 Å². The highest BCUT2D eigenvalue weighted by atomic mass is 16.2. The van der Waals surface area contributed by atoms with Gasteiger partial charge in [-0.05, 0) is 43.4 Å². The Hall–Kier alpha value is -2.21. The molecule has 2 heterocycles. The van der Waals surface area contributed by atoms with Gasteiger partial charge in [-0.1, -0.05) is 0 Å². The first kappa shape index (κ1) is 13.8. The molecule has 1 fully saturated rings. The number of pyridine rings is 1. The van der Waals surface area contributed by atoms with Crippen LogP contribution in [0.1, 0.15) is 28.8 Å². The molecule has 1 aliphatic rings. The Balaban J connectivity index is 1.82. The van der Waals surface area contributed by atoms with E-state index >= 15 is 0 Å². The number of nitrogens with one attached hydrogen (secondary N) is 1. The first-order valence-corrected chi connectivity index (χ1v) is 7.08. The fraction of sp³-hybridized carbons (Fsp3) is 0.400. The van der Waals surface area contributed by atoms with Gasteiger partial charge >= 0.3 is 0 Å². The van der Waals surface area contributed by atoms with Gasteiger partial charge in [-0.15, -0.1) is 0 Å². The van der Waals surface area contributed by atoms with E-state index in [1.807, 2.05) is 6.92 Å². The Kier molecular flexibility index (Phi) is 3.47. The third-order valence-electron chi connectivity index (χ3n) is 3.84. The van der Waals surface area contributed by atoms with Gasteiger partial charge in [-0.25, -0.2) is 4.98 Å². The van der Waals surface area contributed by atoms with E-state index in [1.54, 1.807) is 18.3 Å². The molecule has 110 valence electrons. The number of fused-ring (bicyclic) bond motifs is 1. The summed E-state index contributed by atoms with van der Waals surface area (Å²) in [6.45, 7) is 2.31. The number of aryl methyl sites for hydroxylation is 1. The van der Waals surface area contributed by atoms with Crippen LogP contribution in [-0.4, -0.2) is 27.9 Å². The van der Waals surface area contributed by atoms with E-state index in [-0.39, 0.29) is 17.2 Å². The Morgan fingerprint density at radius 1 is 1.57 bits per heavy atom. The van der Waals surface area contributed by atoms with Crippen molar-refractivity contribution in [2.45, 2.75) is 25.8 Å². The van der Waals surface area contributed by atoms with Crippen molar-refractivity contribution >= 4 is 11.6 Å². The van der Waals surface area contributed by atoms with Crippen molar-refractivity contribution in [1.82, 2.24) is 14.7 Å². The number of rotatable bonds is 4. The van der Waals surface area contributed by atoms with Gasteiger partial charge < -0.3 is 11.1 Å². The number of nitrogens with two attached hydrogens (primary N) is 1. The van der Waals surface area contributed by atoms with Crippen molar-refractivity contribution in [3.05, 3.63) is 46.0 Å². The number of amides is 1. The molecule has 6 heteroatoms. The average Bonchev–Trinajstić information content (AvgIpc) is 3.29. The van der Waals surface area contributed by atoms with Gasteiger partial charge in [0.2, 0.25) is 0 Å². The number of carbonyl (C=O) groups excluding carboxylic acids is 1. The molecule has 1 amide bonds. The topological polar surface area (TPSA) is 89.5 Å². The molecule has 3 rings (SSSR count). The highest BCUT2D eigenvalue weighted by Crippen LogP contribution is 2.31. The first-order chi connectivity index (χ1) is 10.1. The van der Waals surface area contributed by atoms with Gasteiger partial charge in [0, 0.05) is 25.0 Å². The molecule has 3 N–H and O–H groups in total. The van der Waals surface area contributed by atoms with Crippen molar-refractivity contribution in [1.29, 1.82) is 0 Å². The Morgan fingerprint density at radius 3 is 3.05 bits per heavy atom. The molecule has 21 heavy (non-hydrogen) atoms. The van der Waals surface area contributed by atoms with Crippen LogP contribution in [0.5, 0.6) is 0 Å². The number of aromatic nitrogens is 2. The highest BCUT2D eigenvalue weighted by molar-refractivity contribution is 5.93. The number of carbonyl (C=O) groups is 1. The maximum Gasteiger partial charge on any atom is 0.270 e. The monoisotopic (exact) mass is 286 g/mol. The van der Waals surface area contributed by atoms with Gasteiger partial charge in [0.15, 0.2) is 0 Å². The van der Waals surface area contributed by atoms with Crippen molar-refractivity contribution < 1.29 is 4.79 Å². The summed E-state index contributed by atoms with van der Waals surface area (Å²) in [6.07, 6.45) is 5.20. The second kappa shape index (κ2) is 5.29. The molecule has 0 saturated heterocycles. The van der Waals surface area contributed by atoms with Crippen LogP contribution in [0.15, 0.2) is 29.3 Å². The molecule has 0 radical (unpaired) electrons. The normalized spacial score (nSPS) is 15.9. The lowest BCUT2D eigenvalue weighted by Gasteiger charge is -2.11. The van der Waals surface area contributed by atoms with Gasteiger partial charge in [-0.3, -0.25) is 14.0 Å². The highest BCUT2D eigenvalue weighted by Gasteiger charge is 2.28. The van der Waals surface area contributed by atoms with E-state index in [1.165, 1.54) is 10.6 Å². The summed E-state index contributed by atoms with van der Waals surface area (Å²) in [5.41, 5.74) is 7.16. The van der Waals surface area contributed by atoms with Crippen molar-refractivity contribution in [2.24, 2.45) is 11.7 Å². The molecule has 0 bridgehead atoms. The molecule has 1 atom stereocenters. The third kappa shape index (κ3) is 2.80. The summed E-state index contributed by atoms with van der Waals surface area (Å²) < 4.78 is 1.38. The molecule has 1 aliphatic carbocycles. The largest absolute Gasteiger partial charge is 0.350 e. The molecule has 2 aromatic heterocycles. The molecule has 6 nitrogen and oxygen atoms in total. The van der Waals surface area contributed by atoms with Crippen LogP contribution in [0.2, 0.25) is 0 Å². The van der Waals surface area contributed by atoms with E-state index < -0.39 is 5.91 Å². The van der Waals surface area contributed by atoms with Crippen LogP contribution in [0.25, 0.3) is 5.65 Å². The summed E-state index contributed by atoms with van der Waals surface area (Å²) in [4.78, 5) is 28.6. The van der Waals surface area contributed by atoms with Gasteiger partial charge in [0.05, 0.1) is 0 Å². The summed E-state index contributed by atoms with van der Waals surface area (Å²) in [6, 6.07) is 3.57. The third-order valence-corrected chi connectivity index (χ3v) is 3.84. The summed E-state index contributed by atoms with van der Waals surface area (Å²) >= 11 is 0. The SMILES string of the molecule is Cc1ccn2c(=O)c(C(=O)NCC(N)C3CC3)cnc2c1. The van der Waals surface area contributed by atoms with E-state index in [0.717, 1.165) is 18.4 Å². The molecule has 0 spiro atoms. The lowest BCUT2D eigenvalue weighted by atomic mass is 10.2. The van der Waals surface area contributed by atoms with E-state index in [4.69, 9.17) is 5.73 Å². The van der Waals surface area contributed by atoms with Crippen LogP contribution in [0, 0.1) is 12.8 Å². The minimum Gasteiger partial charge on any atom is -0.350 e. The van der Waals surface area contributed by atoms with Crippen LogP contribution < -0.4 is 16.6 Å². The smallest absolute Gasteiger partial charge is 0.270 e. The zero-order chi connectivity index (χ0) is 15.0. The van der Waals surface area contributed by atoms with E-state index in [2.05, 4.69) is 10.3 Å². The van der Waals surface area contributed by atoms with Crippen molar-refractivity contribution in [2.75, 3.05) is 6.54 Å². The van der Waals surface area contributed by atoms with E-state index in [9.17, 15) is 9.59 Å². The molecule has 0 aliphatic heterocycles. The molecule has 2 aromatic rings. The lowest BCUT2D eigenvalue weighted by molar-refractivity contribution is 0.0948. The molecule has 1 unspecified atom stereocenters. The number of hydrogen-bond acceptors (Lipinski definition) is 4. The van der Waals surface area contributed by atoms with Crippen LogP contribution >= 0.6 is 0 Å². The second-order valence-electron chi connectivity index (χ2n) is 5.62. The quantitative estimate of drug-likeness (QED) is 0.855. The Morgan fingerprint density at radius 2 is 2.33 bits per heavy atom. The summed E-state index contributed by atoms with van der Waals surface area (Å²) in [7, 11) is 0. The van der Waals surface area contributed by atoms with Crippen molar-refractivity contribution in [3.63, 3.8) is 0 Å². The summed E-state index contributed by atoms with van der Waals surface area (Å²) in [5.74, 6) is 0.0858. The Labute approximate surface area is 122 Å². The number of nitrogens with zero attached hydrogens (tertiary/aromatic N) is 2. The second-order valence-corrected chi connectivity index (χ2v) is 5.62. The minimum absolute atomic E-state index is 0.0345. The zero-order valence-electron chi connectivity index (χ0n) is 11.9. The molecular weight excluding hydrogens is 268 g/mol. The minimum atomic E-state index is -0.418. The van der Waals surface area contributed by atoms with Gasteiger partial charge in [-0.2, -0.15) is 0 Å². The number of hydrogen-bond donors (Lipinski definition) is 2. The molecule has 0 aromatic carbocycles. The van der Waals surface area contributed by atoms with Gasteiger partial charge in [0.25, 0.3) is 11.5 Å². The fourth-order valence-corrected chi connectivity index (χ4v) is 2.33. The lowest BCUT2D eigenvalue weighted by Crippen LogP contribution is -2.40. The van der Waals surface area contributed by atoms with E-state index in [0.29, 0.717) is 18.1 Å². The Bertz CT molecular complexity index is 749. The van der Waals surface area contributed by atoms with Crippen molar-refractivity contribution in [3.8, 4) is 0 Å². The standard InChI is InChI=1S/C15H18N4O2/c1-9-4-5-19-13(6-9)17-7-11(15(19)21)14(20)18-8-12(16)10-2-3-10/h4-7,10,12H,2-3,8,16H2,1H3,(H,18,20). The van der Waals surface area contributed by atoms with Gasteiger partial charge in [0.1, 0.15) is 11.2 Å². The fourth-order valence-electron chi connectivity index (χ4n) is 2.33.